The molecule has 0 saturated carbocycles. The van der Waals surface area contributed by atoms with Crippen LogP contribution in [0.25, 0.3) is 6.08 Å². The predicted molar refractivity (Wildman–Crippen MR) is 48.6 cm³/mol. The molecule has 1 aliphatic rings. The molecule has 2 rings (SSSR count). The van der Waals surface area contributed by atoms with Crippen LogP contribution in [0.2, 0.25) is 0 Å². The highest BCUT2D eigenvalue weighted by molar-refractivity contribution is 5.75. The fourth-order valence-electron chi connectivity index (χ4n) is 1.15. The Morgan fingerprint density at radius 3 is 2.92 bits per heavy atom. The number of hydrogen-bond acceptors (Lipinski definition) is 2. The van der Waals surface area contributed by atoms with Gasteiger partial charge in [-0.25, -0.2) is 0 Å². The van der Waals surface area contributed by atoms with E-state index in [-0.39, 0.29) is 5.91 Å². The number of benzene rings is 1. The minimum Gasteiger partial charge on any atom is -0.372 e. The zero-order chi connectivity index (χ0) is 9.26. The topological polar surface area (TPSA) is 29.5 Å². The molecule has 0 radical (unpaired) electrons. The first-order valence-corrected chi connectivity index (χ1v) is 4.02. The number of rotatable bonds is 0. The van der Waals surface area contributed by atoms with Crippen LogP contribution in [0, 0.1) is 0 Å². The molecule has 0 aliphatic carbocycles. The Bertz CT molecular complexity index is 371. The summed E-state index contributed by atoms with van der Waals surface area (Å²) in [5, 5.41) is 1.21. The molecular weight excluding hydrogens is 166 g/mol. The van der Waals surface area contributed by atoms with E-state index in [4.69, 9.17) is 4.84 Å². The molecule has 1 heterocycles. The molecule has 1 aromatic carbocycles. The number of para-hydroxylation sites is 1. The van der Waals surface area contributed by atoms with Crippen LogP contribution >= 0.6 is 0 Å². The monoisotopic (exact) mass is 175 g/mol. The van der Waals surface area contributed by atoms with Crippen LogP contribution in [0.3, 0.4) is 0 Å². The first-order chi connectivity index (χ1) is 6.27. The summed E-state index contributed by atoms with van der Waals surface area (Å²) in [6, 6.07) is 7.56. The van der Waals surface area contributed by atoms with Crippen LogP contribution in [-0.2, 0) is 4.79 Å². The van der Waals surface area contributed by atoms with E-state index >= 15 is 0 Å². The number of fused-ring (bicyclic) bond motifs is 1. The molecule has 0 saturated heterocycles. The maximum absolute atomic E-state index is 11.0. The first-order valence-electron chi connectivity index (χ1n) is 4.02. The van der Waals surface area contributed by atoms with Crippen molar-refractivity contribution < 1.29 is 9.63 Å². The van der Waals surface area contributed by atoms with Crippen LogP contribution in [0.15, 0.2) is 30.5 Å². The van der Waals surface area contributed by atoms with Gasteiger partial charge in [0.15, 0.2) is 5.75 Å². The van der Waals surface area contributed by atoms with Gasteiger partial charge in [-0.1, -0.05) is 18.2 Å². The molecule has 1 amide bonds. The third kappa shape index (κ3) is 1.40. The number of amides is 1. The molecule has 3 nitrogen and oxygen atoms in total. The number of hydroxylamine groups is 2. The number of nitrogens with zero attached hydrogens (tertiary/aromatic N) is 1. The average molecular weight is 175 g/mol. The molecule has 66 valence electrons. The summed E-state index contributed by atoms with van der Waals surface area (Å²) < 4.78 is 0. The zero-order valence-electron chi connectivity index (χ0n) is 7.23. The second kappa shape index (κ2) is 2.94. The normalized spacial score (nSPS) is 13.5. The van der Waals surface area contributed by atoms with Crippen molar-refractivity contribution in [1.82, 2.24) is 5.06 Å². The van der Waals surface area contributed by atoms with Crippen molar-refractivity contribution in [1.29, 1.82) is 0 Å². The van der Waals surface area contributed by atoms with Gasteiger partial charge in [-0.15, -0.1) is 5.06 Å². The summed E-state index contributed by atoms with van der Waals surface area (Å²) in [7, 11) is 0. The quantitative estimate of drug-likeness (QED) is 0.601. The van der Waals surface area contributed by atoms with E-state index < -0.39 is 0 Å². The maximum atomic E-state index is 11.0. The SMILES string of the molecule is CC(=O)N1C=Cc2ccccc2O1. The second-order valence-corrected chi connectivity index (χ2v) is 2.79. The molecule has 3 heteroatoms. The Morgan fingerprint density at radius 2 is 2.15 bits per heavy atom. The van der Waals surface area contributed by atoms with E-state index in [9.17, 15) is 4.79 Å². The fraction of sp³-hybridized carbons (Fsp3) is 0.100. The molecule has 0 atom stereocenters. The van der Waals surface area contributed by atoms with Crippen LogP contribution < -0.4 is 4.84 Å². The third-order valence-electron chi connectivity index (χ3n) is 1.82. The summed E-state index contributed by atoms with van der Waals surface area (Å²) in [4.78, 5) is 16.2. The molecule has 13 heavy (non-hydrogen) atoms. The van der Waals surface area contributed by atoms with Crippen molar-refractivity contribution in [3.05, 3.63) is 36.0 Å². The van der Waals surface area contributed by atoms with Crippen molar-refractivity contribution >= 4 is 12.0 Å². The Labute approximate surface area is 76.2 Å². The van der Waals surface area contributed by atoms with Gasteiger partial charge in [0.05, 0.1) is 0 Å². The summed E-state index contributed by atoms with van der Waals surface area (Å²) in [6.07, 6.45) is 3.46. The average Bonchev–Trinajstić information content (AvgIpc) is 2.17. The van der Waals surface area contributed by atoms with E-state index in [2.05, 4.69) is 0 Å². The summed E-state index contributed by atoms with van der Waals surface area (Å²) in [5.74, 6) is 0.575. The van der Waals surface area contributed by atoms with Crippen molar-refractivity contribution in [2.45, 2.75) is 6.92 Å². The Kier molecular flexibility index (Phi) is 1.77. The van der Waals surface area contributed by atoms with Gasteiger partial charge in [-0.2, -0.15) is 0 Å². The van der Waals surface area contributed by atoms with Gasteiger partial charge in [0.25, 0.3) is 5.91 Å². The van der Waals surface area contributed by atoms with E-state index in [1.807, 2.05) is 30.3 Å². The lowest BCUT2D eigenvalue weighted by molar-refractivity contribution is -0.146. The molecule has 0 fully saturated rings. The lowest BCUT2D eigenvalue weighted by Crippen LogP contribution is -2.28. The molecule has 0 spiro atoms. The van der Waals surface area contributed by atoms with Crippen LogP contribution in [0.4, 0.5) is 0 Å². The lowest BCUT2D eigenvalue weighted by Gasteiger charge is -2.21. The standard InChI is InChI=1S/C10H9NO2/c1-8(12)11-7-6-9-4-2-3-5-10(9)13-11/h2-7H,1H3. The molecule has 0 aromatic heterocycles. The molecule has 1 aromatic rings. The maximum Gasteiger partial charge on any atom is 0.256 e. The second-order valence-electron chi connectivity index (χ2n) is 2.79. The zero-order valence-corrected chi connectivity index (χ0v) is 7.23. The van der Waals surface area contributed by atoms with Crippen molar-refractivity contribution in [3.63, 3.8) is 0 Å². The minimum absolute atomic E-state index is 0.134. The molecular formula is C10H9NO2. The molecule has 0 N–H and O–H groups in total. The highest BCUT2D eigenvalue weighted by Crippen LogP contribution is 2.24. The third-order valence-corrected chi connectivity index (χ3v) is 1.82. The van der Waals surface area contributed by atoms with Crippen LogP contribution in [-0.4, -0.2) is 11.0 Å². The van der Waals surface area contributed by atoms with E-state index in [1.165, 1.54) is 12.0 Å². The van der Waals surface area contributed by atoms with Gasteiger partial charge < -0.3 is 4.84 Å². The van der Waals surface area contributed by atoms with Crippen molar-refractivity contribution in [3.8, 4) is 5.75 Å². The van der Waals surface area contributed by atoms with Gasteiger partial charge >= 0.3 is 0 Å². The van der Waals surface area contributed by atoms with Crippen molar-refractivity contribution in [2.75, 3.05) is 0 Å². The fourth-order valence-corrected chi connectivity index (χ4v) is 1.15. The lowest BCUT2D eigenvalue weighted by atomic mass is 10.2. The highest BCUT2D eigenvalue weighted by atomic mass is 16.7. The molecule has 0 unspecified atom stereocenters. The van der Waals surface area contributed by atoms with Gasteiger partial charge in [-0.05, 0) is 12.1 Å². The van der Waals surface area contributed by atoms with Crippen LogP contribution in [0.5, 0.6) is 5.75 Å². The van der Waals surface area contributed by atoms with Crippen molar-refractivity contribution in [2.24, 2.45) is 0 Å². The summed E-state index contributed by atoms with van der Waals surface area (Å²) in [5.41, 5.74) is 0.986. The van der Waals surface area contributed by atoms with E-state index in [1.54, 1.807) is 6.20 Å². The Balaban J connectivity index is 2.34. The Morgan fingerprint density at radius 1 is 1.38 bits per heavy atom. The van der Waals surface area contributed by atoms with Gasteiger partial charge in [0, 0.05) is 18.7 Å². The number of carbonyl (C=O) groups is 1. The predicted octanol–water partition coefficient (Wildman–Crippen LogP) is 1.81. The van der Waals surface area contributed by atoms with Gasteiger partial charge in [0.1, 0.15) is 0 Å². The van der Waals surface area contributed by atoms with E-state index in [0.29, 0.717) is 5.75 Å². The van der Waals surface area contributed by atoms with Gasteiger partial charge in [0.2, 0.25) is 0 Å². The summed E-state index contributed by atoms with van der Waals surface area (Å²) in [6.45, 7) is 1.46. The molecule has 1 aliphatic heterocycles. The minimum atomic E-state index is -0.134. The first kappa shape index (κ1) is 7.86. The van der Waals surface area contributed by atoms with E-state index in [0.717, 1.165) is 5.56 Å². The number of carbonyl (C=O) groups excluding carboxylic acids is 1. The number of hydrogen-bond donors (Lipinski definition) is 0. The highest BCUT2D eigenvalue weighted by Gasteiger charge is 2.13. The smallest absolute Gasteiger partial charge is 0.256 e. The summed E-state index contributed by atoms with van der Waals surface area (Å²) >= 11 is 0. The van der Waals surface area contributed by atoms with Crippen LogP contribution in [0.1, 0.15) is 12.5 Å². The molecule has 0 bridgehead atoms. The largest absolute Gasteiger partial charge is 0.372 e. The van der Waals surface area contributed by atoms with Gasteiger partial charge in [-0.3, -0.25) is 4.79 Å². The Hall–Kier alpha value is -1.77.